The normalized spacial score (nSPS) is 11.6. The molecule has 0 bridgehead atoms. The molecule has 1 aliphatic heterocycles. The lowest BCUT2D eigenvalue weighted by Crippen LogP contribution is -2.42. The Bertz CT molecular complexity index is 2940. The highest BCUT2D eigenvalue weighted by Gasteiger charge is 2.27. The van der Waals surface area contributed by atoms with Crippen LogP contribution in [0.1, 0.15) is 34.8 Å². The number of halogens is 3. The number of terminal acetylenes is 1. The van der Waals surface area contributed by atoms with Crippen molar-refractivity contribution in [1.29, 1.82) is 0 Å². The Kier molecular flexibility index (Phi) is 16.1. The number of pyridine rings is 1. The van der Waals surface area contributed by atoms with Gasteiger partial charge in [-0.25, -0.2) is 32.3 Å². The zero-order valence-electron chi connectivity index (χ0n) is 33.9. The number of carbonyl (C=O) groups excluding carboxylic acids is 1. The Morgan fingerprint density at radius 3 is 2.39 bits per heavy atom. The fourth-order valence-corrected chi connectivity index (χ4v) is 7.64. The molecule has 20 nitrogen and oxygen atoms in total. The fourth-order valence-electron chi connectivity index (χ4n) is 5.73. The Labute approximate surface area is 379 Å². The number of sulfonamides is 1. The third kappa shape index (κ3) is 11.7. The van der Waals surface area contributed by atoms with Gasteiger partial charge in [0.25, 0.3) is 10.0 Å². The zero-order valence-corrected chi connectivity index (χ0v) is 36.9. The Balaban J connectivity index is 0.000000185. The first kappa shape index (κ1) is 48.0. The quantitative estimate of drug-likeness (QED) is 0.136. The summed E-state index contributed by atoms with van der Waals surface area (Å²) in [4.78, 5) is 62.4. The van der Waals surface area contributed by atoms with E-state index in [1.54, 1.807) is 52.7 Å². The highest BCUT2D eigenvalue weighted by Crippen LogP contribution is 2.33. The molecule has 0 fully saturated rings. The minimum absolute atomic E-state index is 0.0498. The summed E-state index contributed by atoms with van der Waals surface area (Å²) in [5, 5.41) is 24.0. The van der Waals surface area contributed by atoms with E-state index in [-0.39, 0.29) is 30.1 Å². The molecule has 334 valence electrons. The van der Waals surface area contributed by atoms with E-state index < -0.39 is 45.1 Å². The first-order valence-corrected chi connectivity index (χ1v) is 21.1. The minimum Gasteiger partial charge on any atom is -0.480 e. The number of rotatable bonds is 11. The van der Waals surface area contributed by atoms with Gasteiger partial charge < -0.3 is 24.4 Å². The molecule has 4 heterocycles. The van der Waals surface area contributed by atoms with E-state index in [2.05, 4.69) is 31.0 Å². The van der Waals surface area contributed by atoms with Crippen LogP contribution in [0.4, 0.5) is 10.7 Å². The van der Waals surface area contributed by atoms with Crippen molar-refractivity contribution >= 4 is 79.6 Å². The molecule has 0 aliphatic carbocycles. The number of nitrogens with one attached hydrogen (secondary N) is 1. The van der Waals surface area contributed by atoms with Gasteiger partial charge in [0.1, 0.15) is 40.2 Å². The largest absolute Gasteiger partial charge is 0.480 e. The van der Waals surface area contributed by atoms with Crippen LogP contribution in [0.3, 0.4) is 0 Å². The van der Waals surface area contributed by atoms with E-state index in [0.29, 0.717) is 44.3 Å². The van der Waals surface area contributed by atoms with Crippen LogP contribution < -0.4 is 29.5 Å². The number of aryl methyl sites for hydroxylation is 2. The maximum atomic E-state index is 12.5. The minimum atomic E-state index is -4.44. The number of hydrogen-bond acceptors (Lipinski definition) is 14. The van der Waals surface area contributed by atoms with Gasteiger partial charge >= 0.3 is 29.7 Å². The van der Waals surface area contributed by atoms with E-state index in [4.69, 9.17) is 65.6 Å². The van der Waals surface area contributed by atoms with Crippen molar-refractivity contribution in [2.24, 2.45) is 0 Å². The number of nitrogens with zero attached hydrogens (tertiary/aromatic N) is 8. The van der Waals surface area contributed by atoms with Crippen molar-refractivity contribution in [3.63, 3.8) is 0 Å². The van der Waals surface area contributed by atoms with Crippen LogP contribution in [0, 0.1) is 19.3 Å². The number of aliphatic carboxylic acids is 1. The molecule has 6 aromatic rings. The molecule has 3 aromatic carbocycles. The van der Waals surface area contributed by atoms with Crippen LogP contribution >= 0.6 is 34.8 Å². The van der Waals surface area contributed by atoms with Crippen molar-refractivity contribution in [3.8, 4) is 35.5 Å². The summed E-state index contributed by atoms with van der Waals surface area (Å²) in [6.45, 7) is 1.90. The lowest BCUT2D eigenvalue weighted by molar-refractivity contribution is -0.139. The maximum absolute atomic E-state index is 12.5. The fraction of sp³-hybridized carbons (Fsp3) is 0.225. The molecular formula is C40H36Cl3N9O11S. The Morgan fingerprint density at radius 1 is 0.953 bits per heavy atom. The van der Waals surface area contributed by atoms with Gasteiger partial charge in [-0.05, 0) is 62.2 Å². The van der Waals surface area contributed by atoms with Gasteiger partial charge in [0.05, 0.1) is 33.4 Å². The molecule has 0 spiro atoms. The van der Waals surface area contributed by atoms with Crippen LogP contribution in [-0.2, 0) is 27.8 Å². The summed E-state index contributed by atoms with van der Waals surface area (Å²) >= 11 is 18.3. The van der Waals surface area contributed by atoms with Crippen LogP contribution in [0.2, 0.25) is 15.1 Å². The van der Waals surface area contributed by atoms with Crippen molar-refractivity contribution in [1.82, 2.24) is 39.0 Å². The second kappa shape index (κ2) is 21.4. The molecule has 3 aromatic heterocycles. The third-order valence-corrected chi connectivity index (χ3v) is 11.0. The predicted molar refractivity (Wildman–Crippen MR) is 234 cm³/mol. The number of amides is 2. The van der Waals surface area contributed by atoms with E-state index in [0.717, 1.165) is 47.5 Å². The highest BCUT2D eigenvalue weighted by molar-refractivity contribution is 7.90. The number of benzene rings is 3. The molecule has 1 aliphatic rings. The number of urea groups is 1. The molecule has 2 amide bonds. The molecule has 0 saturated heterocycles. The van der Waals surface area contributed by atoms with Gasteiger partial charge in [0.2, 0.25) is 5.95 Å². The summed E-state index contributed by atoms with van der Waals surface area (Å²) < 4.78 is 44.9. The van der Waals surface area contributed by atoms with Crippen molar-refractivity contribution in [2.45, 2.75) is 37.6 Å². The maximum Gasteiger partial charge on any atom is 0.350 e. The molecule has 0 unspecified atom stereocenters. The van der Waals surface area contributed by atoms with Gasteiger partial charge in [-0.15, -0.1) is 11.5 Å². The zero-order chi connectivity index (χ0) is 46.7. The average Bonchev–Trinajstić information content (AvgIpc) is 3.61. The SMILES string of the molecule is C#CCOc1cc(-n2nc3n(c2=O)CCCC3)c(Cl)cc1Cl.COc1nc(C)nc(N(C)C(=O)NS(=O)(=O)c2ccccc2C(=O)O)n1.O=C(O)COc1ccc(Cl)c2cccnc12. The second-order valence-electron chi connectivity index (χ2n) is 13.0. The second-order valence-corrected chi connectivity index (χ2v) is 15.9. The molecule has 24 heteroatoms. The Morgan fingerprint density at radius 2 is 1.70 bits per heavy atom. The molecule has 0 radical (unpaired) electrons. The number of carboxylic acids is 2. The number of ether oxygens (including phenoxy) is 3. The lowest BCUT2D eigenvalue weighted by atomic mass is 10.2. The number of carbonyl (C=O) groups is 3. The van der Waals surface area contributed by atoms with E-state index in [1.807, 2.05) is 0 Å². The van der Waals surface area contributed by atoms with Crippen molar-refractivity contribution in [3.05, 3.63) is 110 Å². The average molecular weight is 957 g/mol. The Hall–Kier alpha value is -6.99. The highest BCUT2D eigenvalue weighted by atomic mass is 35.5. The van der Waals surface area contributed by atoms with Gasteiger partial charge in [-0.1, -0.05) is 52.9 Å². The standard InChI is InChI=1S/C15H13Cl2N3O2.C14H15N5O6S.C11H8ClNO3/c1-2-7-22-13-9-12(10(16)8-11(13)17)20-15(21)19-6-4-3-5-14(19)18-20;1-8-15-12(17-13(16-8)25-3)19(2)14(22)18-26(23,24)10-7-5-4-6-9(10)11(20)21;12-8-3-4-9(16-6-10(14)15)11-7(8)2-1-5-13-11/h1,8-9H,3-7H2;4-7H,1-3H3,(H,18,22)(H,20,21);1-5H,6H2,(H,14,15). The van der Waals surface area contributed by atoms with Gasteiger partial charge in [0.15, 0.2) is 6.61 Å². The number of hydrogen-bond donors (Lipinski definition) is 3. The van der Waals surface area contributed by atoms with Crippen LogP contribution in [-0.4, -0.2) is 98.3 Å². The summed E-state index contributed by atoms with van der Waals surface area (Å²) in [7, 11) is -1.87. The number of anilines is 1. The van der Waals surface area contributed by atoms with Crippen molar-refractivity contribution < 1.29 is 47.2 Å². The van der Waals surface area contributed by atoms with Gasteiger partial charge in [-0.3, -0.25) is 14.5 Å². The first-order chi connectivity index (χ1) is 30.4. The third-order valence-electron chi connectivity index (χ3n) is 8.67. The molecule has 0 saturated carbocycles. The molecule has 64 heavy (non-hydrogen) atoms. The van der Waals surface area contributed by atoms with Crippen LogP contribution in [0.25, 0.3) is 16.6 Å². The van der Waals surface area contributed by atoms with Gasteiger partial charge in [-0.2, -0.15) is 19.6 Å². The summed E-state index contributed by atoms with van der Waals surface area (Å²) in [6.07, 6.45) is 9.57. The monoisotopic (exact) mass is 955 g/mol. The van der Waals surface area contributed by atoms with Gasteiger partial charge in [0, 0.05) is 37.7 Å². The number of fused-ring (bicyclic) bond motifs is 2. The van der Waals surface area contributed by atoms with E-state index >= 15 is 0 Å². The molecule has 7 rings (SSSR count). The summed E-state index contributed by atoms with van der Waals surface area (Å²) in [5.74, 6) is 1.57. The number of aromatic nitrogens is 7. The van der Waals surface area contributed by atoms with E-state index in [1.165, 1.54) is 37.0 Å². The molecular weight excluding hydrogens is 921 g/mol. The molecule has 0 atom stereocenters. The topological polar surface area (TPSA) is 260 Å². The smallest absolute Gasteiger partial charge is 0.350 e. The van der Waals surface area contributed by atoms with E-state index in [9.17, 15) is 27.6 Å². The van der Waals surface area contributed by atoms with Crippen LogP contribution in [0.5, 0.6) is 17.5 Å². The first-order valence-electron chi connectivity index (χ1n) is 18.5. The lowest BCUT2D eigenvalue weighted by Gasteiger charge is -2.17. The predicted octanol–water partition coefficient (Wildman–Crippen LogP) is 5.46. The molecule has 3 N–H and O–H groups in total. The van der Waals surface area contributed by atoms with Crippen molar-refractivity contribution in [2.75, 3.05) is 32.3 Å². The summed E-state index contributed by atoms with van der Waals surface area (Å²) in [6, 6.07) is 13.7. The summed E-state index contributed by atoms with van der Waals surface area (Å²) in [5.41, 5.74) is 0.330. The number of methoxy groups -OCH3 is 1. The number of carboxylic acid groups (broad SMARTS) is 2. The van der Waals surface area contributed by atoms with Crippen LogP contribution in [0.15, 0.2) is 76.6 Å². The number of aromatic carboxylic acids is 1.